The number of hydrogen-bond acceptors (Lipinski definition) is 6. The molecule has 0 unspecified atom stereocenters. The van der Waals surface area contributed by atoms with E-state index in [2.05, 4.69) is 5.32 Å². The van der Waals surface area contributed by atoms with Gasteiger partial charge in [-0.3, -0.25) is 19.3 Å². The fourth-order valence-corrected chi connectivity index (χ4v) is 5.61. The third-order valence-corrected chi connectivity index (χ3v) is 7.91. The highest BCUT2D eigenvalue weighted by molar-refractivity contribution is 5.98. The number of halogens is 4. The number of rotatable bonds is 6. The molecule has 2 aromatic heterocycles. The van der Waals surface area contributed by atoms with Crippen LogP contribution in [0.3, 0.4) is 0 Å². The Morgan fingerprint density at radius 1 is 1.00 bits per heavy atom. The first-order valence-electron chi connectivity index (χ1n) is 14.1. The normalized spacial score (nSPS) is 15.6. The standard InChI is InChI=1S/C31H26F4N4O6/c32-24-2-1-3-25-23(24)17-44-30(43)39(25)21-8-10-37(11-9-21)29(42)18-4-6-26-19(12-18)13-22(45-26)14-36-27(40)16-38-15-20(31(33,34)35)5-7-28(38)41/h1-7,12-13,15,21H,8-11,14,16-17H2,(H,36,40). The number of alkyl halides is 3. The number of nitrogens with zero attached hydrogens (tertiary/aromatic N) is 3. The fraction of sp³-hybridized carbons (Fsp3) is 0.290. The number of furan rings is 1. The Morgan fingerprint density at radius 3 is 2.53 bits per heavy atom. The van der Waals surface area contributed by atoms with Gasteiger partial charge in [-0.05, 0) is 55.3 Å². The van der Waals surface area contributed by atoms with Gasteiger partial charge in [-0.2, -0.15) is 13.2 Å². The first kappa shape index (κ1) is 29.9. The number of likely N-dealkylation sites (tertiary alicyclic amines) is 1. The SMILES string of the molecule is O=C(Cn1cc(C(F)(F)F)ccc1=O)NCc1cc2cc(C(=O)N3CCC(N4C(=O)OCc5c(F)cccc54)CC3)ccc2o1. The van der Waals surface area contributed by atoms with Gasteiger partial charge in [0.05, 0.1) is 17.8 Å². The van der Waals surface area contributed by atoms with Crippen molar-refractivity contribution in [2.75, 3.05) is 18.0 Å². The second-order valence-corrected chi connectivity index (χ2v) is 10.8. The van der Waals surface area contributed by atoms with Crippen LogP contribution in [0.15, 0.2) is 70.0 Å². The summed E-state index contributed by atoms with van der Waals surface area (Å²) in [4.78, 5) is 53.3. The number of amides is 3. The van der Waals surface area contributed by atoms with E-state index in [4.69, 9.17) is 9.15 Å². The van der Waals surface area contributed by atoms with Gasteiger partial charge in [0.15, 0.2) is 0 Å². The minimum Gasteiger partial charge on any atom is -0.459 e. The molecule has 2 aliphatic rings. The molecular weight excluding hydrogens is 600 g/mol. The van der Waals surface area contributed by atoms with Crippen molar-refractivity contribution >= 4 is 34.6 Å². The third-order valence-electron chi connectivity index (χ3n) is 7.91. The van der Waals surface area contributed by atoms with Crippen LogP contribution < -0.4 is 15.8 Å². The van der Waals surface area contributed by atoms with Gasteiger partial charge >= 0.3 is 12.3 Å². The van der Waals surface area contributed by atoms with Crippen LogP contribution in [0.2, 0.25) is 0 Å². The number of fused-ring (bicyclic) bond motifs is 2. The van der Waals surface area contributed by atoms with E-state index in [0.717, 1.165) is 6.07 Å². The van der Waals surface area contributed by atoms with Gasteiger partial charge in [0.1, 0.15) is 30.3 Å². The monoisotopic (exact) mass is 626 g/mol. The summed E-state index contributed by atoms with van der Waals surface area (Å²) in [5.41, 5.74) is -0.120. The van der Waals surface area contributed by atoms with Crippen molar-refractivity contribution in [1.29, 1.82) is 0 Å². The van der Waals surface area contributed by atoms with Crippen molar-refractivity contribution in [2.24, 2.45) is 0 Å². The van der Waals surface area contributed by atoms with Crippen molar-refractivity contribution in [3.05, 3.63) is 99.4 Å². The van der Waals surface area contributed by atoms with Gasteiger partial charge in [0.25, 0.3) is 11.5 Å². The molecule has 6 rings (SSSR count). The van der Waals surface area contributed by atoms with Gasteiger partial charge in [-0.1, -0.05) is 6.07 Å². The number of anilines is 1. The fourth-order valence-electron chi connectivity index (χ4n) is 5.61. The van der Waals surface area contributed by atoms with Crippen molar-refractivity contribution in [1.82, 2.24) is 14.8 Å². The average Bonchev–Trinajstić information content (AvgIpc) is 3.43. The maximum Gasteiger partial charge on any atom is 0.417 e. The van der Waals surface area contributed by atoms with Crippen LogP contribution in [-0.2, 0) is 35.4 Å². The molecule has 10 nitrogen and oxygen atoms in total. The molecule has 4 heterocycles. The van der Waals surface area contributed by atoms with Crippen LogP contribution in [0.4, 0.5) is 28.0 Å². The van der Waals surface area contributed by atoms with E-state index in [9.17, 15) is 36.7 Å². The van der Waals surface area contributed by atoms with Crippen LogP contribution in [0, 0.1) is 5.82 Å². The summed E-state index contributed by atoms with van der Waals surface area (Å²) in [6.45, 7) is -0.0910. The lowest BCUT2D eigenvalue weighted by Crippen LogP contribution is -2.50. The largest absolute Gasteiger partial charge is 0.459 e. The van der Waals surface area contributed by atoms with Crippen LogP contribution in [0.25, 0.3) is 11.0 Å². The van der Waals surface area contributed by atoms with E-state index < -0.39 is 41.7 Å². The number of hydrogen-bond donors (Lipinski definition) is 1. The highest BCUT2D eigenvalue weighted by Crippen LogP contribution is 2.34. The number of aromatic nitrogens is 1. The Kier molecular flexibility index (Phi) is 7.81. The van der Waals surface area contributed by atoms with Crippen LogP contribution in [0.1, 0.15) is 40.1 Å². The first-order valence-corrected chi connectivity index (χ1v) is 14.1. The highest BCUT2D eigenvalue weighted by Gasteiger charge is 2.36. The Morgan fingerprint density at radius 2 is 1.78 bits per heavy atom. The molecule has 14 heteroatoms. The van der Waals surface area contributed by atoms with Gasteiger partial charge in [0, 0.05) is 47.9 Å². The van der Waals surface area contributed by atoms with Crippen LogP contribution in [-0.4, -0.2) is 46.5 Å². The van der Waals surface area contributed by atoms with Gasteiger partial charge in [0.2, 0.25) is 5.91 Å². The predicted molar refractivity (Wildman–Crippen MR) is 152 cm³/mol. The zero-order valence-electron chi connectivity index (χ0n) is 23.6. The molecule has 0 saturated carbocycles. The lowest BCUT2D eigenvalue weighted by atomic mass is 9.99. The summed E-state index contributed by atoms with van der Waals surface area (Å²) >= 11 is 0. The Labute approximate surface area is 252 Å². The average molecular weight is 627 g/mol. The summed E-state index contributed by atoms with van der Waals surface area (Å²) in [7, 11) is 0. The van der Waals surface area contributed by atoms with Crippen molar-refractivity contribution in [3.63, 3.8) is 0 Å². The quantitative estimate of drug-likeness (QED) is 0.307. The molecule has 234 valence electrons. The summed E-state index contributed by atoms with van der Waals surface area (Å²) < 4.78 is 64.8. The number of ether oxygens (including phenoxy) is 1. The minimum atomic E-state index is -4.66. The first-order chi connectivity index (χ1) is 21.5. The Hall–Kier alpha value is -5.14. The predicted octanol–water partition coefficient (Wildman–Crippen LogP) is 4.83. The summed E-state index contributed by atoms with van der Waals surface area (Å²) in [6, 6.07) is 12.2. The van der Waals surface area contributed by atoms with E-state index in [-0.39, 0.29) is 25.1 Å². The number of piperidine rings is 1. The molecule has 45 heavy (non-hydrogen) atoms. The second-order valence-electron chi connectivity index (χ2n) is 10.8. The Balaban J connectivity index is 1.07. The number of benzene rings is 2. The molecule has 2 aromatic carbocycles. The maximum atomic E-state index is 14.3. The van der Waals surface area contributed by atoms with E-state index in [1.54, 1.807) is 41.3 Å². The highest BCUT2D eigenvalue weighted by atomic mass is 19.4. The Bertz CT molecular complexity index is 1860. The molecule has 0 aliphatic carbocycles. The molecule has 0 radical (unpaired) electrons. The van der Waals surface area contributed by atoms with Gasteiger partial charge < -0.3 is 23.9 Å². The molecule has 0 atom stereocenters. The number of carbonyl (C=O) groups excluding carboxylic acids is 3. The zero-order chi connectivity index (χ0) is 31.9. The molecule has 0 bridgehead atoms. The van der Waals surface area contributed by atoms with E-state index in [1.165, 1.54) is 11.0 Å². The van der Waals surface area contributed by atoms with E-state index in [0.29, 0.717) is 76.3 Å². The van der Waals surface area contributed by atoms with Crippen LogP contribution in [0.5, 0.6) is 0 Å². The molecular formula is C31H26F4N4O6. The third kappa shape index (κ3) is 6.12. The number of nitrogens with one attached hydrogen (secondary N) is 1. The topological polar surface area (TPSA) is 114 Å². The molecule has 0 spiro atoms. The van der Waals surface area contributed by atoms with Gasteiger partial charge in [-0.15, -0.1) is 0 Å². The summed E-state index contributed by atoms with van der Waals surface area (Å²) in [5.74, 6) is -1.01. The second kappa shape index (κ2) is 11.7. The summed E-state index contributed by atoms with van der Waals surface area (Å²) in [5, 5.41) is 3.12. The van der Waals surface area contributed by atoms with E-state index >= 15 is 0 Å². The van der Waals surface area contributed by atoms with Crippen molar-refractivity contribution < 1.29 is 41.1 Å². The lowest BCUT2D eigenvalue weighted by molar-refractivity contribution is -0.138. The molecule has 4 aromatic rings. The van der Waals surface area contributed by atoms with Crippen molar-refractivity contribution in [2.45, 2.75) is 44.8 Å². The molecule has 2 aliphatic heterocycles. The number of carbonyl (C=O) groups is 3. The molecule has 1 N–H and O–H groups in total. The maximum absolute atomic E-state index is 14.3. The molecule has 1 saturated heterocycles. The lowest BCUT2D eigenvalue weighted by Gasteiger charge is -2.40. The van der Waals surface area contributed by atoms with Gasteiger partial charge in [-0.25, -0.2) is 9.18 Å². The zero-order valence-corrected chi connectivity index (χ0v) is 23.6. The van der Waals surface area contributed by atoms with Crippen LogP contribution >= 0.6 is 0 Å². The molecule has 3 amide bonds. The minimum absolute atomic E-state index is 0.0933. The number of pyridine rings is 1. The smallest absolute Gasteiger partial charge is 0.417 e. The molecule has 1 fully saturated rings. The summed E-state index contributed by atoms with van der Waals surface area (Å²) in [6.07, 6.45) is -3.66. The van der Waals surface area contributed by atoms with E-state index in [1.807, 2.05) is 0 Å². The van der Waals surface area contributed by atoms with Crippen molar-refractivity contribution in [3.8, 4) is 0 Å². The number of cyclic esters (lactones) is 1.